The molecule has 0 saturated carbocycles. The highest BCUT2D eigenvalue weighted by atomic mass is 17.4. The van der Waals surface area contributed by atoms with Crippen molar-refractivity contribution >= 4 is 0 Å². The first-order valence-corrected chi connectivity index (χ1v) is 3.24. The van der Waals surface area contributed by atoms with Crippen LogP contribution in [0.4, 0.5) is 0 Å². The van der Waals surface area contributed by atoms with Crippen LogP contribution in [0.1, 0.15) is 12.5 Å². The molecule has 1 aliphatic heterocycles. The summed E-state index contributed by atoms with van der Waals surface area (Å²) in [5.41, 5.74) is 1.06. The fourth-order valence-corrected chi connectivity index (χ4v) is 0.900. The van der Waals surface area contributed by atoms with Crippen molar-refractivity contribution in [3.05, 3.63) is 35.9 Å². The van der Waals surface area contributed by atoms with Crippen LogP contribution in [0.3, 0.4) is 0 Å². The van der Waals surface area contributed by atoms with E-state index in [2.05, 4.69) is 0 Å². The predicted octanol–water partition coefficient (Wildman–Crippen LogP) is 1.82. The summed E-state index contributed by atoms with van der Waals surface area (Å²) in [6.45, 7) is 1.89. The molecule has 1 aliphatic rings. The van der Waals surface area contributed by atoms with Gasteiger partial charge in [0.15, 0.2) is 0 Å². The molecule has 1 aromatic rings. The summed E-state index contributed by atoms with van der Waals surface area (Å²) in [5, 5.41) is 0. The second-order valence-electron chi connectivity index (χ2n) is 2.48. The highest BCUT2D eigenvalue weighted by Crippen LogP contribution is 2.39. The Labute approximate surface area is 59.3 Å². The molecule has 1 heterocycles. The van der Waals surface area contributed by atoms with Crippen LogP contribution in [0.15, 0.2) is 30.3 Å². The molecule has 52 valence electrons. The Hall–Kier alpha value is -0.860. The third kappa shape index (κ3) is 0.818. The molecule has 0 bridgehead atoms. The first-order valence-electron chi connectivity index (χ1n) is 3.24. The van der Waals surface area contributed by atoms with Gasteiger partial charge < -0.3 is 0 Å². The Morgan fingerprint density at radius 1 is 1.10 bits per heavy atom. The van der Waals surface area contributed by atoms with Gasteiger partial charge in [0.2, 0.25) is 0 Å². The molecular formula is C8H8O2. The van der Waals surface area contributed by atoms with E-state index in [4.69, 9.17) is 9.78 Å². The molecule has 0 aliphatic carbocycles. The quantitative estimate of drug-likeness (QED) is 0.434. The summed E-state index contributed by atoms with van der Waals surface area (Å²) in [5.74, 6) is -0.457. The topological polar surface area (TPSA) is 25.1 Å². The Kier molecular flexibility index (Phi) is 1.07. The highest BCUT2D eigenvalue weighted by molar-refractivity contribution is 5.20. The van der Waals surface area contributed by atoms with Crippen LogP contribution in [-0.4, -0.2) is 0 Å². The second kappa shape index (κ2) is 1.81. The van der Waals surface area contributed by atoms with Gasteiger partial charge in [0.1, 0.15) is 0 Å². The van der Waals surface area contributed by atoms with E-state index in [1.807, 2.05) is 37.3 Å². The molecule has 0 spiro atoms. The monoisotopic (exact) mass is 136 g/mol. The molecule has 0 unspecified atom stereocenters. The summed E-state index contributed by atoms with van der Waals surface area (Å²) in [6, 6.07) is 9.85. The molecule has 1 fully saturated rings. The summed E-state index contributed by atoms with van der Waals surface area (Å²) in [6.07, 6.45) is 0. The maximum atomic E-state index is 4.78. The molecular weight excluding hydrogens is 128 g/mol. The Morgan fingerprint density at radius 3 is 2.20 bits per heavy atom. The van der Waals surface area contributed by atoms with E-state index in [0.29, 0.717) is 0 Å². The van der Waals surface area contributed by atoms with Gasteiger partial charge in [-0.25, -0.2) is 0 Å². The van der Waals surface area contributed by atoms with Crippen LogP contribution in [0.25, 0.3) is 0 Å². The van der Waals surface area contributed by atoms with Gasteiger partial charge in [-0.1, -0.05) is 30.3 Å². The molecule has 0 radical (unpaired) electrons. The number of benzene rings is 1. The second-order valence-corrected chi connectivity index (χ2v) is 2.48. The molecule has 2 rings (SSSR count). The van der Waals surface area contributed by atoms with Crippen LogP contribution < -0.4 is 0 Å². The van der Waals surface area contributed by atoms with Crippen LogP contribution >= 0.6 is 0 Å². The lowest BCUT2D eigenvalue weighted by atomic mass is 10.1. The van der Waals surface area contributed by atoms with Crippen LogP contribution in [-0.2, 0) is 15.6 Å². The Bertz CT molecular complexity index is 226. The molecule has 0 N–H and O–H groups in total. The van der Waals surface area contributed by atoms with Crippen molar-refractivity contribution in [1.82, 2.24) is 0 Å². The number of hydrogen-bond donors (Lipinski definition) is 0. The predicted molar refractivity (Wildman–Crippen MR) is 36.0 cm³/mol. The van der Waals surface area contributed by atoms with E-state index < -0.39 is 5.79 Å². The van der Waals surface area contributed by atoms with E-state index in [-0.39, 0.29) is 0 Å². The molecule has 1 saturated heterocycles. The summed E-state index contributed by atoms with van der Waals surface area (Å²) < 4.78 is 0. The molecule has 2 heteroatoms. The van der Waals surface area contributed by atoms with Crippen molar-refractivity contribution in [2.75, 3.05) is 0 Å². The highest BCUT2D eigenvalue weighted by Gasteiger charge is 2.45. The minimum Gasteiger partial charge on any atom is -0.190 e. The molecule has 10 heavy (non-hydrogen) atoms. The first kappa shape index (κ1) is 5.89. The van der Waals surface area contributed by atoms with Crippen molar-refractivity contribution in [2.24, 2.45) is 0 Å². The van der Waals surface area contributed by atoms with Crippen molar-refractivity contribution in [1.29, 1.82) is 0 Å². The zero-order valence-electron chi connectivity index (χ0n) is 5.70. The van der Waals surface area contributed by atoms with Gasteiger partial charge >= 0.3 is 0 Å². The van der Waals surface area contributed by atoms with Crippen molar-refractivity contribution in [2.45, 2.75) is 12.7 Å². The molecule has 2 nitrogen and oxygen atoms in total. The molecule has 0 atom stereocenters. The lowest BCUT2D eigenvalue weighted by Crippen LogP contribution is -1.99. The maximum absolute atomic E-state index is 4.78. The minimum atomic E-state index is -0.457. The molecule has 0 amide bonds. The fourth-order valence-electron chi connectivity index (χ4n) is 0.900. The third-order valence-electron chi connectivity index (χ3n) is 1.63. The summed E-state index contributed by atoms with van der Waals surface area (Å²) >= 11 is 0. The summed E-state index contributed by atoms with van der Waals surface area (Å²) in [7, 11) is 0. The normalized spacial score (nSPS) is 20.5. The lowest BCUT2D eigenvalue weighted by molar-refractivity contribution is 0.0850. The first-order chi connectivity index (χ1) is 4.81. The number of hydrogen-bond acceptors (Lipinski definition) is 2. The van der Waals surface area contributed by atoms with Crippen molar-refractivity contribution < 1.29 is 9.78 Å². The zero-order valence-corrected chi connectivity index (χ0v) is 5.70. The van der Waals surface area contributed by atoms with Gasteiger partial charge in [-0.2, -0.15) is 9.78 Å². The maximum Gasteiger partial charge on any atom is 0.256 e. The minimum absolute atomic E-state index is 0.457. The zero-order chi connectivity index (χ0) is 7.03. The van der Waals surface area contributed by atoms with E-state index >= 15 is 0 Å². The van der Waals surface area contributed by atoms with Crippen LogP contribution in [0, 0.1) is 0 Å². The standard InChI is InChI=1S/C8H8O2/c1-8(9-10-8)7-5-3-2-4-6-7/h2-6H,1H3. The van der Waals surface area contributed by atoms with E-state index in [1.54, 1.807) is 0 Å². The lowest BCUT2D eigenvalue weighted by Gasteiger charge is -1.97. The average molecular weight is 136 g/mol. The largest absolute Gasteiger partial charge is 0.256 e. The smallest absolute Gasteiger partial charge is 0.190 e. The summed E-state index contributed by atoms with van der Waals surface area (Å²) in [4.78, 5) is 9.56. The van der Waals surface area contributed by atoms with Gasteiger partial charge in [0.25, 0.3) is 5.79 Å². The van der Waals surface area contributed by atoms with Crippen molar-refractivity contribution in [3.8, 4) is 0 Å². The number of rotatable bonds is 1. The molecule has 0 aromatic heterocycles. The SMILES string of the molecule is CC1(c2ccccc2)OO1. The van der Waals surface area contributed by atoms with Crippen LogP contribution in [0.5, 0.6) is 0 Å². The van der Waals surface area contributed by atoms with Gasteiger partial charge in [0, 0.05) is 5.56 Å². The van der Waals surface area contributed by atoms with Crippen molar-refractivity contribution in [3.63, 3.8) is 0 Å². The Morgan fingerprint density at radius 2 is 1.70 bits per heavy atom. The molecule has 1 aromatic carbocycles. The van der Waals surface area contributed by atoms with Gasteiger partial charge in [-0.3, -0.25) is 0 Å². The average Bonchev–Trinajstić information content (AvgIpc) is 2.72. The van der Waals surface area contributed by atoms with E-state index in [1.165, 1.54) is 0 Å². The third-order valence-corrected chi connectivity index (χ3v) is 1.63. The van der Waals surface area contributed by atoms with Crippen LogP contribution in [0.2, 0.25) is 0 Å². The van der Waals surface area contributed by atoms with E-state index in [9.17, 15) is 0 Å². The Balaban J connectivity index is 2.35. The fraction of sp³-hybridized carbons (Fsp3) is 0.250. The van der Waals surface area contributed by atoms with Gasteiger partial charge in [-0.05, 0) is 6.92 Å². The van der Waals surface area contributed by atoms with Gasteiger partial charge in [0.05, 0.1) is 0 Å². The van der Waals surface area contributed by atoms with Gasteiger partial charge in [-0.15, -0.1) is 0 Å². The van der Waals surface area contributed by atoms with E-state index in [0.717, 1.165) is 5.56 Å².